The van der Waals surface area contributed by atoms with Crippen LogP contribution in [-0.4, -0.2) is 26.2 Å². The van der Waals surface area contributed by atoms with E-state index in [1.807, 2.05) is 42.5 Å². The third-order valence-corrected chi connectivity index (χ3v) is 3.23. The van der Waals surface area contributed by atoms with Gasteiger partial charge in [-0.1, -0.05) is 18.2 Å². The van der Waals surface area contributed by atoms with Gasteiger partial charge in [-0.2, -0.15) is 4.68 Å². The highest BCUT2D eigenvalue weighted by Gasteiger charge is 2.10. The molecular formula is C15H17N5O. The van der Waals surface area contributed by atoms with Gasteiger partial charge in [-0.3, -0.25) is 0 Å². The Morgan fingerprint density at radius 2 is 2.05 bits per heavy atom. The molecule has 1 unspecified atom stereocenters. The Kier molecular flexibility index (Phi) is 4.07. The first-order valence-corrected chi connectivity index (χ1v) is 6.91. The minimum absolute atomic E-state index is 0.275. The first-order valence-electron chi connectivity index (χ1n) is 6.91. The summed E-state index contributed by atoms with van der Waals surface area (Å²) in [6.45, 7) is 2.71. The summed E-state index contributed by atoms with van der Waals surface area (Å²) >= 11 is 0. The predicted octanol–water partition coefficient (Wildman–Crippen LogP) is 1.98. The number of furan rings is 1. The fraction of sp³-hybridized carbons (Fsp3) is 0.267. The molecule has 0 saturated carbocycles. The lowest BCUT2D eigenvalue weighted by Gasteiger charge is -2.12. The molecule has 0 fully saturated rings. The Morgan fingerprint density at radius 3 is 2.81 bits per heavy atom. The maximum absolute atomic E-state index is 5.35. The highest BCUT2D eigenvalue weighted by molar-refractivity contribution is 5.30. The molecule has 6 heteroatoms. The Hall–Kier alpha value is -2.47. The Labute approximate surface area is 122 Å². The van der Waals surface area contributed by atoms with Crippen LogP contribution in [0.3, 0.4) is 0 Å². The molecule has 0 aliphatic rings. The maximum atomic E-state index is 5.35. The highest BCUT2D eigenvalue weighted by atomic mass is 16.3. The molecule has 21 heavy (non-hydrogen) atoms. The lowest BCUT2D eigenvalue weighted by Crippen LogP contribution is -2.28. The monoisotopic (exact) mass is 283 g/mol. The van der Waals surface area contributed by atoms with Gasteiger partial charge in [0.05, 0.1) is 18.5 Å². The van der Waals surface area contributed by atoms with Gasteiger partial charge in [0.1, 0.15) is 5.76 Å². The quantitative estimate of drug-likeness (QED) is 0.749. The average Bonchev–Trinajstić information content (AvgIpc) is 3.17. The van der Waals surface area contributed by atoms with E-state index in [0.29, 0.717) is 6.54 Å². The van der Waals surface area contributed by atoms with Crippen LogP contribution in [0.2, 0.25) is 0 Å². The van der Waals surface area contributed by atoms with E-state index in [1.165, 1.54) is 0 Å². The minimum atomic E-state index is 0.275. The summed E-state index contributed by atoms with van der Waals surface area (Å²) in [5.41, 5.74) is 0.956. The van der Waals surface area contributed by atoms with Gasteiger partial charge in [0.2, 0.25) is 0 Å². The van der Waals surface area contributed by atoms with Gasteiger partial charge in [-0.15, -0.1) is 5.10 Å². The van der Waals surface area contributed by atoms with Crippen LogP contribution in [0.4, 0.5) is 0 Å². The van der Waals surface area contributed by atoms with Crippen LogP contribution in [-0.2, 0) is 13.0 Å². The first-order chi connectivity index (χ1) is 10.3. The third-order valence-electron chi connectivity index (χ3n) is 3.23. The normalized spacial score (nSPS) is 12.4. The first kappa shape index (κ1) is 13.5. The number of tetrazole rings is 1. The molecule has 0 aliphatic heterocycles. The van der Waals surface area contributed by atoms with E-state index in [0.717, 1.165) is 23.7 Å². The van der Waals surface area contributed by atoms with Crippen LogP contribution < -0.4 is 5.32 Å². The van der Waals surface area contributed by atoms with Crippen LogP contribution >= 0.6 is 0 Å². The third kappa shape index (κ3) is 3.35. The molecule has 0 spiro atoms. The molecule has 0 bridgehead atoms. The number of nitrogens with zero attached hydrogens (tertiary/aromatic N) is 4. The van der Waals surface area contributed by atoms with Crippen LogP contribution in [0.25, 0.3) is 5.69 Å². The van der Waals surface area contributed by atoms with Crippen LogP contribution in [0.15, 0.2) is 53.1 Å². The highest BCUT2D eigenvalue weighted by Crippen LogP contribution is 2.08. The second kappa shape index (κ2) is 6.32. The molecule has 3 rings (SSSR count). The van der Waals surface area contributed by atoms with Gasteiger partial charge < -0.3 is 9.73 Å². The summed E-state index contributed by atoms with van der Waals surface area (Å²) in [6, 6.07) is 14.0. The second-order valence-electron chi connectivity index (χ2n) is 4.91. The van der Waals surface area contributed by atoms with Crippen LogP contribution in [0.5, 0.6) is 0 Å². The van der Waals surface area contributed by atoms with E-state index in [9.17, 15) is 0 Å². The smallest absolute Gasteiger partial charge is 0.170 e. The molecule has 0 aliphatic carbocycles. The van der Waals surface area contributed by atoms with E-state index >= 15 is 0 Å². The number of aromatic nitrogens is 4. The zero-order valence-corrected chi connectivity index (χ0v) is 11.8. The van der Waals surface area contributed by atoms with Crippen molar-refractivity contribution in [2.75, 3.05) is 0 Å². The molecule has 1 N–H and O–H groups in total. The SMILES string of the molecule is CC(Cc1ccco1)NCc1nnnn1-c1ccccc1. The van der Waals surface area contributed by atoms with E-state index in [4.69, 9.17) is 4.42 Å². The fourth-order valence-electron chi connectivity index (χ4n) is 2.15. The van der Waals surface area contributed by atoms with Gasteiger partial charge in [-0.25, -0.2) is 0 Å². The van der Waals surface area contributed by atoms with Crippen LogP contribution in [0.1, 0.15) is 18.5 Å². The van der Waals surface area contributed by atoms with Crippen LogP contribution in [0, 0.1) is 0 Å². The average molecular weight is 283 g/mol. The topological polar surface area (TPSA) is 68.8 Å². The standard InChI is InChI=1S/C15H17N5O/c1-12(10-14-8-5-9-21-14)16-11-15-17-18-19-20(15)13-6-3-2-4-7-13/h2-9,12,16H,10-11H2,1H3. The zero-order valence-electron chi connectivity index (χ0n) is 11.8. The van der Waals surface area contributed by atoms with E-state index in [-0.39, 0.29) is 6.04 Å². The van der Waals surface area contributed by atoms with Gasteiger partial charge >= 0.3 is 0 Å². The van der Waals surface area contributed by atoms with Crippen molar-refractivity contribution < 1.29 is 4.42 Å². The molecule has 0 saturated heterocycles. The Morgan fingerprint density at radius 1 is 1.19 bits per heavy atom. The molecule has 3 aromatic rings. The lowest BCUT2D eigenvalue weighted by atomic mass is 10.2. The van der Waals surface area contributed by atoms with Crippen molar-refractivity contribution in [3.8, 4) is 5.69 Å². The van der Waals surface area contributed by atoms with Crippen molar-refractivity contribution in [3.63, 3.8) is 0 Å². The number of hydrogen-bond acceptors (Lipinski definition) is 5. The predicted molar refractivity (Wildman–Crippen MR) is 77.9 cm³/mol. The summed E-state index contributed by atoms with van der Waals surface area (Å²) in [6.07, 6.45) is 2.53. The maximum Gasteiger partial charge on any atom is 0.170 e. The number of rotatable bonds is 6. The van der Waals surface area contributed by atoms with Gasteiger partial charge in [0.15, 0.2) is 5.82 Å². The molecule has 6 nitrogen and oxygen atoms in total. The van der Waals surface area contributed by atoms with Crippen molar-refractivity contribution in [3.05, 3.63) is 60.3 Å². The van der Waals surface area contributed by atoms with Gasteiger partial charge in [0.25, 0.3) is 0 Å². The van der Waals surface area contributed by atoms with Crippen molar-refractivity contribution in [2.45, 2.75) is 25.9 Å². The molecule has 2 heterocycles. The van der Waals surface area contributed by atoms with E-state index in [1.54, 1.807) is 10.9 Å². The summed E-state index contributed by atoms with van der Waals surface area (Å²) in [7, 11) is 0. The molecule has 1 aromatic carbocycles. The minimum Gasteiger partial charge on any atom is -0.469 e. The molecule has 0 amide bonds. The van der Waals surface area contributed by atoms with Gasteiger partial charge in [-0.05, 0) is 41.6 Å². The summed E-state index contributed by atoms with van der Waals surface area (Å²) in [4.78, 5) is 0. The molecular weight excluding hydrogens is 266 g/mol. The summed E-state index contributed by atoms with van der Waals surface area (Å²) in [5, 5.41) is 15.3. The second-order valence-corrected chi connectivity index (χ2v) is 4.91. The number of benzene rings is 1. The summed E-state index contributed by atoms with van der Waals surface area (Å²) in [5.74, 6) is 1.75. The van der Waals surface area contributed by atoms with Crippen molar-refractivity contribution in [1.29, 1.82) is 0 Å². The zero-order chi connectivity index (χ0) is 14.5. The molecule has 0 radical (unpaired) electrons. The Balaban J connectivity index is 1.62. The lowest BCUT2D eigenvalue weighted by molar-refractivity contribution is 0.451. The fourth-order valence-corrected chi connectivity index (χ4v) is 2.15. The van der Waals surface area contributed by atoms with Gasteiger partial charge in [0, 0.05) is 12.5 Å². The number of nitrogens with one attached hydrogen (secondary N) is 1. The van der Waals surface area contributed by atoms with Crippen molar-refractivity contribution in [2.24, 2.45) is 0 Å². The molecule has 2 aromatic heterocycles. The van der Waals surface area contributed by atoms with E-state index < -0.39 is 0 Å². The van der Waals surface area contributed by atoms with Crippen molar-refractivity contribution >= 4 is 0 Å². The Bertz CT molecular complexity index is 662. The van der Waals surface area contributed by atoms with E-state index in [2.05, 4.69) is 27.8 Å². The molecule has 108 valence electrons. The molecule has 1 atom stereocenters. The summed E-state index contributed by atoms with van der Waals surface area (Å²) < 4.78 is 7.09. The van der Waals surface area contributed by atoms with Crippen molar-refractivity contribution in [1.82, 2.24) is 25.5 Å². The number of para-hydroxylation sites is 1. The number of hydrogen-bond donors (Lipinski definition) is 1. The largest absolute Gasteiger partial charge is 0.469 e.